The van der Waals surface area contributed by atoms with E-state index in [9.17, 15) is 0 Å². The summed E-state index contributed by atoms with van der Waals surface area (Å²) in [5, 5.41) is 3.55. The number of likely N-dealkylation sites (N-methyl/N-ethyl adjacent to an activating group) is 1. The Hall–Kier alpha value is -1.32. The molecule has 1 N–H and O–H groups in total. The van der Waals surface area contributed by atoms with Crippen LogP contribution in [0.25, 0.3) is 0 Å². The number of halogens is 1. The van der Waals surface area contributed by atoms with Gasteiger partial charge in [-0.1, -0.05) is 43.3 Å². The lowest BCUT2D eigenvalue weighted by atomic mass is 9.99. The van der Waals surface area contributed by atoms with E-state index in [4.69, 9.17) is 4.74 Å². The predicted octanol–water partition coefficient (Wildman–Crippen LogP) is 4.35. The lowest BCUT2D eigenvalue weighted by Crippen LogP contribution is -2.22. The molecule has 2 aromatic carbocycles. The Morgan fingerprint density at radius 1 is 1.15 bits per heavy atom. The van der Waals surface area contributed by atoms with E-state index in [1.54, 1.807) is 7.11 Å². The standard InChI is InChI=1S/C17H20BrNO/c1-3-19-16(14-7-5-4-6-8-14)12-13-9-10-17(20-2)15(18)11-13/h4-11,16,19H,3,12H2,1-2H3. The van der Waals surface area contributed by atoms with Crippen molar-refractivity contribution in [2.24, 2.45) is 0 Å². The van der Waals surface area contributed by atoms with Gasteiger partial charge in [-0.25, -0.2) is 0 Å². The van der Waals surface area contributed by atoms with Crippen molar-refractivity contribution in [3.63, 3.8) is 0 Å². The normalized spacial score (nSPS) is 12.2. The van der Waals surface area contributed by atoms with Crippen LogP contribution in [0.1, 0.15) is 24.1 Å². The van der Waals surface area contributed by atoms with E-state index in [-0.39, 0.29) is 0 Å². The average molecular weight is 334 g/mol. The minimum absolute atomic E-state index is 0.335. The highest BCUT2D eigenvalue weighted by atomic mass is 79.9. The SMILES string of the molecule is CCNC(Cc1ccc(OC)c(Br)c1)c1ccccc1. The molecule has 0 bridgehead atoms. The van der Waals surface area contributed by atoms with Crippen LogP contribution in [0.15, 0.2) is 53.0 Å². The molecule has 2 aromatic rings. The van der Waals surface area contributed by atoms with E-state index in [1.165, 1.54) is 11.1 Å². The van der Waals surface area contributed by atoms with Gasteiger partial charge in [0.1, 0.15) is 5.75 Å². The molecule has 0 heterocycles. The fourth-order valence-corrected chi connectivity index (χ4v) is 2.90. The number of ether oxygens (including phenoxy) is 1. The summed E-state index contributed by atoms with van der Waals surface area (Å²) in [7, 11) is 1.69. The molecule has 0 aromatic heterocycles. The third-order valence-electron chi connectivity index (χ3n) is 3.31. The molecule has 0 spiro atoms. The lowest BCUT2D eigenvalue weighted by molar-refractivity contribution is 0.412. The number of benzene rings is 2. The lowest BCUT2D eigenvalue weighted by Gasteiger charge is -2.19. The van der Waals surface area contributed by atoms with Gasteiger partial charge in [0.05, 0.1) is 11.6 Å². The van der Waals surface area contributed by atoms with Crippen molar-refractivity contribution >= 4 is 15.9 Å². The molecule has 0 amide bonds. The summed E-state index contributed by atoms with van der Waals surface area (Å²) < 4.78 is 6.28. The van der Waals surface area contributed by atoms with Gasteiger partial charge in [0, 0.05) is 6.04 Å². The molecular formula is C17H20BrNO. The molecular weight excluding hydrogens is 314 g/mol. The summed E-state index contributed by atoms with van der Waals surface area (Å²) in [6.45, 7) is 3.09. The first-order chi connectivity index (χ1) is 9.74. The van der Waals surface area contributed by atoms with Crippen molar-refractivity contribution in [1.29, 1.82) is 0 Å². The molecule has 0 aliphatic carbocycles. The van der Waals surface area contributed by atoms with Gasteiger partial charge in [0.2, 0.25) is 0 Å². The Bertz CT molecular complexity index is 542. The molecule has 2 nitrogen and oxygen atoms in total. The van der Waals surface area contributed by atoms with E-state index in [1.807, 2.05) is 6.07 Å². The molecule has 106 valence electrons. The Morgan fingerprint density at radius 3 is 2.50 bits per heavy atom. The molecule has 0 saturated carbocycles. The van der Waals surface area contributed by atoms with Crippen molar-refractivity contribution in [3.8, 4) is 5.75 Å². The molecule has 2 rings (SSSR count). The van der Waals surface area contributed by atoms with Gasteiger partial charge < -0.3 is 10.1 Å². The number of methoxy groups -OCH3 is 1. The predicted molar refractivity (Wildman–Crippen MR) is 87.3 cm³/mol. The Kier molecular flexibility index (Phi) is 5.62. The first-order valence-electron chi connectivity index (χ1n) is 6.85. The summed E-state index contributed by atoms with van der Waals surface area (Å²) >= 11 is 3.55. The van der Waals surface area contributed by atoms with E-state index < -0.39 is 0 Å². The summed E-state index contributed by atoms with van der Waals surface area (Å²) in [5.41, 5.74) is 2.61. The molecule has 0 saturated heterocycles. The summed E-state index contributed by atoms with van der Waals surface area (Å²) in [6.07, 6.45) is 0.959. The van der Waals surface area contributed by atoms with E-state index in [0.29, 0.717) is 6.04 Å². The minimum Gasteiger partial charge on any atom is -0.496 e. The molecule has 0 radical (unpaired) electrons. The zero-order chi connectivity index (χ0) is 14.4. The summed E-state index contributed by atoms with van der Waals surface area (Å²) in [4.78, 5) is 0. The molecule has 1 unspecified atom stereocenters. The second-order valence-corrected chi connectivity index (χ2v) is 5.55. The van der Waals surface area contributed by atoms with Crippen molar-refractivity contribution in [3.05, 3.63) is 64.1 Å². The second-order valence-electron chi connectivity index (χ2n) is 4.69. The van der Waals surface area contributed by atoms with Crippen molar-refractivity contribution in [2.75, 3.05) is 13.7 Å². The maximum Gasteiger partial charge on any atom is 0.133 e. The summed E-state index contributed by atoms with van der Waals surface area (Å²) in [6, 6.07) is 17.2. The van der Waals surface area contributed by atoms with Crippen LogP contribution in [0.4, 0.5) is 0 Å². The molecule has 0 aliphatic rings. The van der Waals surface area contributed by atoms with Crippen molar-refractivity contribution < 1.29 is 4.74 Å². The zero-order valence-electron chi connectivity index (χ0n) is 11.9. The monoisotopic (exact) mass is 333 g/mol. The quantitative estimate of drug-likeness (QED) is 0.848. The van der Waals surface area contributed by atoms with Crippen molar-refractivity contribution in [1.82, 2.24) is 5.32 Å². The van der Waals surface area contributed by atoms with Gasteiger partial charge in [-0.15, -0.1) is 0 Å². The number of nitrogens with one attached hydrogen (secondary N) is 1. The van der Waals surface area contributed by atoms with Crippen LogP contribution in [0.2, 0.25) is 0 Å². The van der Waals surface area contributed by atoms with Gasteiger partial charge >= 0.3 is 0 Å². The maximum absolute atomic E-state index is 5.27. The average Bonchev–Trinajstić information content (AvgIpc) is 2.48. The highest BCUT2D eigenvalue weighted by Gasteiger charge is 2.11. The Morgan fingerprint density at radius 2 is 1.90 bits per heavy atom. The van der Waals surface area contributed by atoms with Gasteiger partial charge in [0.15, 0.2) is 0 Å². The van der Waals surface area contributed by atoms with E-state index in [0.717, 1.165) is 23.2 Å². The van der Waals surface area contributed by atoms with Crippen LogP contribution in [-0.4, -0.2) is 13.7 Å². The third-order valence-corrected chi connectivity index (χ3v) is 3.93. The van der Waals surface area contributed by atoms with Gasteiger partial charge in [-0.3, -0.25) is 0 Å². The smallest absolute Gasteiger partial charge is 0.133 e. The highest BCUT2D eigenvalue weighted by Crippen LogP contribution is 2.27. The minimum atomic E-state index is 0.335. The molecule has 20 heavy (non-hydrogen) atoms. The molecule has 1 atom stereocenters. The highest BCUT2D eigenvalue weighted by molar-refractivity contribution is 9.10. The molecule has 0 fully saturated rings. The van der Waals surface area contributed by atoms with Crippen LogP contribution in [0.5, 0.6) is 5.75 Å². The van der Waals surface area contributed by atoms with Crippen molar-refractivity contribution in [2.45, 2.75) is 19.4 Å². The Labute approximate surface area is 129 Å². The van der Waals surface area contributed by atoms with Crippen LogP contribution < -0.4 is 10.1 Å². The van der Waals surface area contributed by atoms with E-state index >= 15 is 0 Å². The van der Waals surface area contributed by atoms with E-state index in [2.05, 4.69) is 70.6 Å². The number of hydrogen-bond donors (Lipinski definition) is 1. The van der Waals surface area contributed by atoms with Gasteiger partial charge in [-0.05, 0) is 52.2 Å². The van der Waals surface area contributed by atoms with Crippen LogP contribution in [0.3, 0.4) is 0 Å². The first-order valence-corrected chi connectivity index (χ1v) is 7.64. The second kappa shape index (κ2) is 7.46. The third kappa shape index (κ3) is 3.84. The molecule has 0 aliphatic heterocycles. The zero-order valence-corrected chi connectivity index (χ0v) is 13.5. The van der Waals surface area contributed by atoms with Gasteiger partial charge in [-0.2, -0.15) is 0 Å². The van der Waals surface area contributed by atoms with Crippen LogP contribution in [-0.2, 0) is 6.42 Å². The van der Waals surface area contributed by atoms with Crippen LogP contribution >= 0.6 is 15.9 Å². The van der Waals surface area contributed by atoms with Crippen LogP contribution in [0, 0.1) is 0 Å². The fourth-order valence-electron chi connectivity index (χ4n) is 2.31. The molecule has 3 heteroatoms. The number of rotatable bonds is 6. The fraction of sp³-hybridized carbons (Fsp3) is 0.294. The largest absolute Gasteiger partial charge is 0.496 e. The maximum atomic E-state index is 5.27. The Balaban J connectivity index is 2.18. The topological polar surface area (TPSA) is 21.3 Å². The summed E-state index contributed by atoms with van der Waals surface area (Å²) in [5.74, 6) is 0.869. The first kappa shape index (κ1) is 15.1. The van der Waals surface area contributed by atoms with Gasteiger partial charge in [0.25, 0.3) is 0 Å². The number of hydrogen-bond acceptors (Lipinski definition) is 2.